The standard InChI is InChI=1S/C38H33N2/c1-22-18-23(2)37(24(3)19-22)40-33-17-11-10-16-32(33)39(5)38(40)34-25(4)30-20-26-12-6-8-14-28(26)35(30)36-29-15-9-7-13-27(29)21-31(34)36/h6-19H,20-21H2,1-5H3/q+1. The molecule has 0 unspecified atom stereocenters. The molecule has 1 heterocycles. The molecule has 2 aliphatic carbocycles. The Morgan fingerprint density at radius 1 is 0.625 bits per heavy atom. The van der Waals surface area contributed by atoms with E-state index in [9.17, 15) is 0 Å². The van der Waals surface area contributed by atoms with Crippen LogP contribution >= 0.6 is 0 Å². The minimum Gasteiger partial charge on any atom is -0.225 e. The zero-order valence-electron chi connectivity index (χ0n) is 23.9. The van der Waals surface area contributed by atoms with Crippen molar-refractivity contribution in [1.29, 1.82) is 0 Å². The molecule has 0 bridgehead atoms. The third-order valence-corrected chi connectivity index (χ3v) is 9.39. The van der Waals surface area contributed by atoms with Gasteiger partial charge in [-0.3, -0.25) is 0 Å². The number of imidazole rings is 1. The van der Waals surface area contributed by atoms with Crippen molar-refractivity contribution in [3.63, 3.8) is 0 Å². The first-order valence-corrected chi connectivity index (χ1v) is 14.4. The molecular weight excluding hydrogens is 484 g/mol. The average molecular weight is 518 g/mol. The summed E-state index contributed by atoms with van der Waals surface area (Å²) in [6.45, 7) is 9.10. The molecule has 0 radical (unpaired) electrons. The summed E-state index contributed by atoms with van der Waals surface area (Å²) in [4.78, 5) is 0. The van der Waals surface area contributed by atoms with Crippen molar-refractivity contribution in [3.8, 4) is 39.3 Å². The highest BCUT2D eigenvalue weighted by Gasteiger charge is 2.38. The van der Waals surface area contributed by atoms with E-state index >= 15 is 0 Å². The average Bonchev–Trinajstić information content (AvgIpc) is 3.59. The number of fused-ring (bicyclic) bond motifs is 8. The minimum absolute atomic E-state index is 0.963. The molecule has 5 aromatic carbocycles. The summed E-state index contributed by atoms with van der Waals surface area (Å²) in [6, 6.07) is 31.6. The van der Waals surface area contributed by atoms with Crippen LogP contribution in [-0.2, 0) is 19.9 Å². The fourth-order valence-electron chi connectivity index (χ4n) is 7.85. The van der Waals surface area contributed by atoms with Gasteiger partial charge in [0.25, 0.3) is 5.82 Å². The lowest BCUT2D eigenvalue weighted by Gasteiger charge is -2.19. The van der Waals surface area contributed by atoms with Gasteiger partial charge < -0.3 is 0 Å². The molecule has 0 atom stereocenters. The van der Waals surface area contributed by atoms with Crippen molar-refractivity contribution in [3.05, 3.63) is 129 Å². The van der Waals surface area contributed by atoms with Crippen molar-refractivity contribution < 1.29 is 4.57 Å². The monoisotopic (exact) mass is 517 g/mol. The van der Waals surface area contributed by atoms with Gasteiger partial charge in [0.1, 0.15) is 5.69 Å². The first-order valence-electron chi connectivity index (χ1n) is 14.4. The van der Waals surface area contributed by atoms with E-state index in [0.717, 1.165) is 12.8 Å². The smallest absolute Gasteiger partial charge is 0.225 e. The Kier molecular flexibility index (Phi) is 4.86. The van der Waals surface area contributed by atoms with Crippen LogP contribution in [0.25, 0.3) is 50.4 Å². The molecule has 8 rings (SSSR count). The third kappa shape index (κ3) is 3.02. The summed E-state index contributed by atoms with van der Waals surface area (Å²) in [5.74, 6) is 1.27. The third-order valence-electron chi connectivity index (χ3n) is 9.39. The number of aryl methyl sites for hydroxylation is 4. The number of nitrogens with zero attached hydrogens (tertiary/aromatic N) is 2. The summed E-state index contributed by atoms with van der Waals surface area (Å²) in [5.41, 5.74) is 22.1. The molecule has 0 amide bonds. The van der Waals surface area contributed by atoms with Crippen LogP contribution in [-0.4, -0.2) is 4.57 Å². The quantitative estimate of drug-likeness (QED) is 0.203. The van der Waals surface area contributed by atoms with Crippen LogP contribution in [0.15, 0.2) is 84.9 Å². The largest absolute Gasteiger partial charge is 0.295 e. The van der Waals surface area contributed by atoms with Crippen molar-refractivity contribution in [1.82, 2.24) is 4.57 Å². The van der Waals surface area contributed by atoms with E-state index in [1.165, 1.54) is 94.9 Å². The summed E-state index contributed by atoms with van der Waals surface area (Å²) >= 11 is 0. The Morgan fingerprint density at radius 2 is 1.18 bits per heavy atom. The number of para-hydroxylation sites is 2. The maximum Gasteiger partial charge on any atom is 0.295 e. The number of rotatable bonds is 2. The lowest BCUT2D eigenvalue weighted by molar-refractivity contribution is -0.633. The highest BCUT2D eigenvalue weighted by Crippen LogP contribution is 2.54. The van der Waals surface area contributed by atoms with Gasteiger partial charge in [-0.25, -0.2) is 4.57 Å². The van der Waals surface area contributed by atoms with Crippen LogP contribution in [0.3, 0.4) is 0 Å². The van der Waals surface area contributed by atoms with Crippen LogP contribution in [0.1, 0.15) is 44.5 Å². The molecule has 194 valence electrons. The van der Waals surface area contributed by atoms with Crippen LogP contribution in [0, 0.1) is 27.7 Å². The molecule has 6 aromatic rings. The maximum absolute atomic E-state index is 2.56. The normalized spacial score (nSPS) is 12.9. The Labute approximate surface area is 236 Å². The van der Waals surface area contributed by atoms with E-state index in [-0.39, 0.29) is 0 Å². The van der Waals surface area contributed by atoms with Crippen molar-refractivity contribution in [2.75, 3.05) is 0 Å². The van der Waals surface area contributed by atoms with Crippen molar-refractivity contribution >= 4 is 11.0 Å². The molecule has 0 saturated heterocycles. The van der Waals surface area contributed by atoms with Gasteiger partial charge in [0, 0.05) is 0 Å². The second-order valence-electron chi connectivity index (χ2n) is 11.8. The van der Waals surface area contributed by atoms with Crippen LogP contribution < -0.4 is 4.57 Å². The van der Waals surface area contributed by atoms with Crippen LogP contribution in [0.2, 0.25) is 0 Å². The zero-order valence-corrected chi connectivity index (χ0v) is 23.9. The van der Waals surface area contributed by atoms with E-state index in [1.54, 1.807) is 0 Å². The first-order chi connectivity index (χ1) is 19.4. The van der Waals surface area contributed by atoms with Gasteiger partial charge in [-0.1, -0.05) is 78.4 Å². The van der Waals surface area contributed by atoms with Crippen LogP contribution in [0.5, 0.6) is 0 Å². The molecule has 2 nitrogen and oxygen atoms in total. The number of aromatic nitrogens is 2. The highest BCUT2D eigenvalue weighted by atomic mass is 15.2. The van der Waals surface area contributed by atoms with Gasteiger partial charge >= 0.3 is 0 Å². The molecule has 1 aromatic heterocycles. The molecule has 40 heavy (non-hydrogen) atoms. The molecular formula is C38H33N2+. The van der Waals surface area contributed by atoms with Crippen LogP contribution in [0.4, 0.5) is 0 Å². The molecule has 0 fully saturated rings. The second kappa shape index (κ2) is 8.29. The number of hydrogen-bond donors (Lipinski definition) is 0. The van der Waals surface area contributed by atoms with Gasteiger partial charge in [0.05, 0.1) is 12.6 Å². The zero-order chi connectivity index (χ0) is 27.3. The molecule has 0 N–H and O–H groups in total. The SMILES string of the molecule is Cc1cc(C)c(-n2c(-c3c(C)c4c(c5c3Cc3ccccc3-5)-c3ccccc3C4)[n+](C)c3ccccc32)c(C)c1. The Balaban J connectivity index is 1.55. The second-order valence-corrected chi connectivity index (χ2v) is 11.8. The minimum atomic E-state index is 0.963. The molecule has 0 saturated carbocycles. The van der Waals surface area contributed by atoms with E-state index in [2.05, 4.69) is 129 Å². The van der Waals surface area contributed by atoms with E-state index < -0.39 is 0 Å². The van der Waals surface area contributed by atoms with Gasteiger partial charge in [-0.15, -0.1) is 0 Å². The summed E-state index contributed by atoms with van der Waals surface area (Å²) in [5, 5.41) is 0. The van der Waals surface area contributed by atoms with E-state index in [0.29, 0.717) is 0 Å². The fraction of sp³-hybridized carbons (Fsp3) is 0.184. The molecule has 0 spiro atoms. The predicted octanol–water partition coefficient (Wildman–Crippen LogP) is 8.50. The topological polar surface area (TPSA) is 8.81 Å². The van der Waals surface area contributed by atoms with E-state index in [1.807, 2.05) is 0 Å². The van der Waals surface area contributed by atoms with Gasteiger partial charge in [-0.2, -0.15) is 4.57 Å². The highest BCUT2D eigenvalue weighted by molar-refractivity contribution is 6.00. The Bertz CT molecular complexity index is 2030. The van der Waals surface area contributed by atoms with Gasteiger partial charge in [0.15, 0.2) is 11.0 Å². The summed E-state index contributed by atoms with van der Waals surface area (Å²) in [7, 11) is 2.25. The molecule has 2 heteroatoms. The summed E-state index contributed by atoms with van der Waals surface area (Å²) in [6.07, 6.45) is 1.96. The fourth-order valence-corrected chi connectivity index (χ4v) is 7.85. The molecule has 2 aliphatic rings. The van der Waals surface area contributed by atoms with Crippen molar-refractivity contribution in [2.45, 2.75) is 40.5 Å². The lowest BCUT2D eigenvalue weighted by atomic mass is 9.86. The number of benzene rings is 5. The lowest BCUT2D eigenvalue weighted by Crippen LogP contribution is -2.31. The Hall–Kier alpha value is -4.43. The number of hydrogen-bond acceptors (Lipinski definition) is 0. The predicted molar refractivity (Wildman–Crippen MR) is 165 cm³/mol. The maximum atomic E-state index is 2.56. The molecule has 0 aliphatic heterocycles. The van der Waals surface area contributed by atoms with Gasteiger partial charge in [0.2, 0.25) is 0 Å². The van der Waals surface area contributed by atoms with Gasteiger partial charge in [-0.05, 0) is 114 Å². The summed E-state index contributed by atoms with van der Waals surface area (Å²) < 4.78 is 4.99. The Morgan fingerprint density at radius 3 is 1.85 bits per heavy atom. The van der Waals surface area contributed by atoms with E-state index in [4.69, 9.17) is 0 Å². The first kappa shape index (κ1) is 23.5. The van der Waals surface area contributed by atoms with Crippen molar-refractivity contribution in [2.24, 2.45) is 7.05 Å².